The maximum atomic E-state index is 12.6. The first-order valence-corrected chi connectivity index (χ1v) is 3.87. The molecule has 1 aromatic carbocycles. The number of benzene rings is 1. The third-order valence-corrected chi connectivity index (χ3v) is 1.99. The van der Waals surface area contributed by atoms with Crippen LogP contribution in [-0.4, -0.2) is 11.1 Å². The first-order valence-electron chi connectivity index (χ1n) is 2.79. The molecule has 0 fully saturated rings. The van der Waals surface area contributed by atoms with E-state index in [1.165, 1.54) is 12.1 Å². The van der Waals surface area contributed by atoms with E-state index >= 15 is 0 Å². The third-order valence-electron chi connectivity index (χ3n) is 1.17. The Kier molecular flexibility index (Phi) is 2.43. The van der Waals surface area contributed by atoms with Crippen molar-refractivity contribution in [3.05, 3.63) is 33.1 Å². The second-order valence-corrected chi connectivity index (χ2v) is 3.10. The van der Waals surface area contributed by atoms with E-state index in [1.807, 2.05) is 0 Å². The fourth-order valence-electron chi connectivity index (χ4n) is 0.629. The largest absolute Gasteiger partial charge is 0.478 e. The Morgan fingerprint density at radius 1 is 1.55 bits per heavy atom. The van der Waals surface area contributed by atoms with Crippen molar-refractivity contribution in [3.8, 4) is 0 Å². The van der Waals surface area contributed by atoms with Crippen LogP contribution >= 0.6 is 22.6 Å². The number of hydrogen-bond donors (Lipinski definition) is 1. The Bertz CT molecular complexity index is 298. The lowest BCUT2D eigenvalue weighted by Crippen LogP contribution is -1.97. The van der Waals surface area contributed by atoms with Crippen LogP contribution in [0.1, 0.15) is 10.4 Å². The van der Waals surface area contributed by atoms with Gasteiger partial charge in [-0.2, -0.15) is 0 Å². The average molecular weight is 266 g/mol. The van der Waals surface area contributed by atoms with Crippen LogP contribution in [0.4, 0.5) is 4.39 Å². The monoisotopic (exact) mass is 266 g/mol. The summed E-state index contributed by atoms with van der Waals surface area (Å²) in [7, 11) is 0. The minimum Gasteiger partial charge on any atom is -0.478 e. The summed E-state index contributed by atoms with van der Waals surface area (Å²) in [5, 5.41) is 8.47. The van der Waals surface area contributed by atoms with E-state index < -0.39 is 11.8 Å². The van der Waals surface area contributed by atoms with Crippen LogP contribution in [0.25, 0.3) is 0 Å². The second kappa shape index (κ2) is 3.17. The Hall–Kier alpha value is -0.650. The van der Waals surface area contributed by atoms with Crippen molar-refractivity contribution >= 4 is 28.6 Å². The van der Waals surface area contributed by atoms with Gasteiger partial charge >= 0.3 is 5.97 Å². The van der Waals surface area contributed by atoms with Gasteiger partial charge in [-0.3, -0.25) is 0 Å². The number of hydrogen-bond acceptors (Lipinski definition) is 1. The van der Waals surface area contributed by atoms with Crippen LogP contribution in [0.2, 0.25) is 0 Å². The fraction of sp³-hybridized carbons (Fsp3) is 0. The standard InChI is InChI=1S/C7H4FIO2/c8-5-2-1-4(7(10)11)3-6(5)9/h1-3H,(H,10,11). The van der Waals surface area contributed by atoms with Crippen LogP contribution in [0, 0.1) is 9.39 Å². The number of carboxylic acids is 1. The van der Waals surface area contributed by atoms with Crippen LogP contribution in [0.5, 0.6) is 0 Å². The Morgan fingerprint density at radius 3 is 2.64 bits per heavy atom. The molecule has 0 aliphatic carbocycles. The van der Waals surface area contributed by atoms with Gasteiger partial charge in [-0.25, -0.2) is 9.18 Å². The maximum Gasteiger partial charge on any atom is 0.335 e. The van der Waals surface area contributed by atoms with E-state index in [4.69, 9.17) is 5.11 Å². The molecule has 0 saturated carbocycles. The summed E-state index contributed by atoms with van der Waals surface area (Å²) in [5.74, 6) is -1.43. The molecule has 0 heterocycles. The maximum absolute atomic E-state index is 12.6. The lowest BCUT2D eigenvalue weighted by atomic mass is 10.2. The van der Waals surface area contributed by atoms with Gasteiger partial charge in [-0.15, -0.1) is 0 Å². The van der Waals surface area contributed by atoms with E-state index in [9.17, 15) is 9.18 Å². The molecule has 0 aliphatic rings. The zero-order valence-corrected chi connectivity index (χ0v) is 7.50. The van der Waals surface area contributed by atoms with Gasteiger partial charge in [-0.1, -0.05) is 0 Å². The summed E-state index contributed by atoms with van der Waals surface area (Å²) < 4.78 is 12.9. The van der Waals surface area contributed by atoms with Crippen molar-refractivity contribution in [1.29, 1.82) is 0 Å². The molecule has 1 N–H and O–H groups in total. The quantitative estimate of drug-likeness (QED) is 0.790. The zero-order valence-electron chi connectivity index (χ0n) is 5.34. The van der Waals surface area contributed by atoms with Crippen LogP contribution in [-0.2, 0) is 0 Å². The summed E-state index contributed by atoms with van der Waals surface area (Å²) >= 11 is 1.74. The molecule has 58 valence electrons. The Labute approximate surface area is 76.2 Å². The number of rotatable bonds is 1. The molecule has 4 heteroatoms. The summed E-state index contributed by atoms with van der Waals surface area (Å²) in [6.45, 7) is 0. The molecule has 11 heavy (non-hydrogen) atoms. The van der Waals surface area contributed by atoms with Crippen molar-refractivity contribution < 1.29 is 14.3 Å². The first kappa shape index (κ1) is 8.45. The summed E-state index contributed by atoms with van der Waals surface area (Å²) in [6, 6.07) is 3.67. The highest BCUT2D eigenvalue weighted by molar-refractivity contribution is 14.1. The highest BCUT2D eigenvalue weighted by Crippen LogP contribution is 2.12. The van der Waals surface area contributed by atoms with Gasteiger partial charge in [0, 0.05) is 3.57 Å². The third kappa shape index (κ3) is 1.89. The molecular formula is C7H4FIO2. The summed E-state index contributed by atoms with van der Waals surface area (Å²) in [4.78, 5) is 10.3. The van der Waals surface area contributed by atoms with Gasteiger partial charge < -0.3 is 5.11 Å². The van der Waals surface area contributed by atoms with E-state index in [-0.39, 0.29) is 5.56 Å². The molecule has 0 aliphatic heterocycles. The molecule has 1 rings (SSSR count). The highest BCUT2D eigenvalue weighted by atomic mass is 127. The summed E-state index contributed by atoms with van der Waals surface area (Å²) in [6.07, 6.45) is 0. The molecule has 0 aromatic heterocycles. The SMILES string of the molecule is O=C(O)c1ccc(F)c(I)c1. The van der Waals surface area contributed by atoms with Gasteiger partial charge in [-0.05, 0) is 40.8 Å². The van der Waals surface area contributed by atoms with Gasteiger partial charge in [0.15, 0.2) is 0 Å². The van der Waals surface area contributed by atoms with Gasteiger partial charge in [0.2, 0.25) is 0 Å². The van der Waals surface area contributed by atoms with Crippen LogP contribution < -0.4 is 0 Å². The normalized spacial score (nSPS) is 9.64. The van der Waals surface area contributed by atoms with Crippen molar-refractivity contribution in [1.82, 2.24) is 0 Å². The van der Waals surface area contributed by atoms with E-state index in [1.54, 1.807) is 22.6 Å². The lowest BCUT2D eigenvalue weighted by Gasteiger charge is -1.95. The molecule has 0 amide bonds. The molecule has 1 aromatic rings. The van der Waals surface area contributed by atoms with Crippen LogP contribution in [0.3, 0.4) is 0 Å². The van der Waals surface area contributed by atoms with Crippen molar-refractivity contribution in [2.45, 2.75) is 0 Å². The molecule has 0 spiro atoms. The Morgan fingerprint density at radius 2 is 2.18 bits per heavy atom. The molecule has 0 atom stereocenters. The minimum atomic E-state index is -1.04. The van der Waals surface area contributed by atoms with Gasteiger partial charge in [0.05, 0.1) is 5.56 Å². The van der Waals surface area contributed by atoms with E-state index in [2.05, 4.69) is 0 Å². The second-order valence-electron chi connectivity index (χ2n) is 1.93. The van der Waals surface area contributed by atoms with Gasteiger partial charge in [0.25, 0.3) is 0 Å². The molecule has 0 radical (unpaired) electrons. The fourth-order valence-corrected chi connectivity index (χ4v) is 1.14. The van der Waals surface area contributed by atoms with Crippen molar-refractivity contribution in [3.63, 3.8) is 0 Å². The zero-order chi connectivity index (χ0) is 8.43. The number of carboxylic acid groups (broad SMARTS) is 1. The van der Waals surface area contributed by atoms with Crippen LogP contribution in [0.15, 0.2) is 18.2 Å². The number of halogens is 2. The van der Waals surface area contributed by atoms with Gasteiger partial charge in [0.1, 0.15) is 5.82 Å². The Balaban J connectivity index is 3.15. The molecule has 0 bridgehead atoms. The minimum absolute atomic E-state index is 0.107. The molecule has 0 unspecified atom stereocenters. The smallest absolute Gasteiger partial charge is 0.335 e. The molecule has 0 saturated heterocycles. The topological polar surface area (TPSA) is 37.3 Å². The van der Waals surface area contributed by atoms with E-state index in [0.29, 0.717) is 3.57 Å². The lowest BCUT2D eigenvalue weighted by molar-refractivity contribution is 0.0697. The highest BCUT2D eigenvalue weighted by Gasteiger charge is 2.04. The van der Waals surface area contributed by atoms with Crippen molar-refractivity contribution in [2.75, 3.05) is 0 Å². The summed E-state index contributed by atoms with van der Waals surface area (Å²) in [5.41, 5.74) is 0.107. The first-order chi connectivity index (χ1) is 5.11. The predicted molar refractivity (Wildman–Crippen MR) is 46.1 cm³/mol. The molecular weight excluding hydrogens is 262 g/mol. The average Bonchev–Trinajstić information content (AvgIpc) is 1.94. The number of aromatic carboxylic acids is 1. The van der Waals surface area contributed by atoms with Crippen molar-refractivity contribution in [2.24, 2.45) is 0 Å². The molecule has 2 nitrogen and oxygen atoms in total. The predicted octanol–water partition coefficient (Wildman–Crippen LogP) is 2.13. The number of carbonyl (C=O) groups is 1. The van der Waals surface area contributed by atoms with E-state index in [0.717, 1.165) is 6.07 Å².